The fourth-order valence-corrected chi connectivity index (χ4v) is 1.17. The Morgan fingerprint density at radius 1 is 1.62 bits per heavy atom. The van der Waals surface area contributed by atoms with Gasteiger partial charge in [-0.25, -0.2) is 4.98 Å². The van der Waals surface area contributed by atoms with E-state index in [2.05, 4.69) is 9.97 Å². The molecule has 0 saturated carbocycles. The number of rotatable bonds is 2. The summed E-state index contributed by atoms with van der Waals surface area (Å²) in [6, 6.07) is 0.505. The molecule has 0 aliphatic rings. The first-order valence-corrected chi connectivity index (χ1v) is 4.35. The average Bonchev–Trinajstić information content (AvgIpc) is 2.71. The van der Waals surface area contributed by atoms with E-state index in [0.29, 0.717) is 11.9 Å². The highest BCUT2D eigenvalue weighted by Crippen LogP contribution is 2.10. The van der Waals surface area contributed by atoms with Crippen molar-refractivity contribution >= 4 is 11.6 Å². The topological polar surface area (TPSA) is 43.9 Å². The van der Waals surface area contributed by atoms with E-state index in [1.807, 2.05) is 6.92 Å². The lowest BCUT2D eigenvalue weighted by Gasteiger charge is -1.95. The SMILES string of the molecule is Cc1nccn1-c1nc(CCl)co1. The Morgan fingerprint density at radius 3 is 3.00 bits per heavy atom. The second kappa shape index (κ2) is 3.22. The van der Waals surface area contributed by atoms with Gasteiger partial charge in [-0.1, -0.05) is 0 Å². The van der Waals surface area contributed by atoms with Crippen LogP contribution < -0.4 is 0 Å². The normalized spacial score (nSPS) is 10.6. The van der Waals surface area contributed by atoms with E-state index in [1.165, 1.54) is 0 Å². The number of nitrogens with zero attached hydrogens (tertiary/aromatic N) is 3. The minimum Gasteiger partial charge on any atom is -0.431 e. The third kappa shape index (κ3) is 1.45. The predicted octanol–water partition coefficient (Wildman–Crippen LogP) is 1.91. The minimum atomic E-state index is 0.358. The summed E-state index contributed by atoms with van der Waals surface area (Å²) in [5.41, 5.74) is 0.727. The molecule has 0 N–H and O–H groups in total. The van der Waals surface area contributed by atoms with Crippen LogP contribution in [-0.2, 0) is 5.88 Å². The smallest absolute Gasteiger partial charge is 0.307 e. The van der Waals surface area contributed by atoms with Gasteiger partial charge >= 0.3 is 6.01 Å². The van der Waals surface area contributed by atoms with Crippen LogP contribution in [0.25, 0.3) is 6.01 Å². The van der Waals surface area contributed by atoms with Crippen molar-refractivity contribution in [2.75, 3.05) is 0 Å². The molecule has 0 bridgehead atoms. The lowest BCUT2D eigenvalue weighted by molar-refractivity contribution is 0.523. The Bertz CT molecular complexity index is 407. The number of oxazole rings is 1. The van der Waals surface area contributed by atoms with Crippen LogP contribution >= 0.6 is 11.6 Å². The Labute approximate surface area is 80.2 Å². The zero-order chi connectivity index (χ0) is 9.26. The molecule has 2 heterocycles. The number of aromatic nitrogens is 3. The minimum absolute atomic E-state index is 0.358. The number of hydrogen-bond acceptors (Lipinski definition) is 3. The molecule has 13 heavy (non-hydrogen) atoms. The first-order chi connectivity index (χ1) is 6.31. The van der Waals surface area contributed by atoms with E-state index >= 15 is 0 Å². The molecule has 5 heteroatoms. The van der Waals surface area contributed by atoms with Crippen LogP contribution in [0.1, 0.15) is 11.5 Å². The second-order valence-corrected chi connectivity index (χ2v) is 2.87. The van der Waals surface area contributed by atoms with Gasteiger partial charge in [0.15, 0.2) is 0 Å². The third-order valence-corrected chi connectivity index (χ3v) is 1.98. The Balaban J connectivity index is 2.41. The molecule has 0 aromatic carbocycles. The van der Waals surface area contributed by atoms with Crippen molar-refractivity contribution in [3.05, 3.63) is 30.2 Å². The summed E-state index contributed by atoms with van der Waals surface area (Å²) in [6.07, 6.45) is 5.03. The summed E-state index contributed by atoms with van der Waals surface area (Å²) in [5, 5.41) is 0. The van der Waals surface area contributed by atoms with Gasteiger partial charge in [0.1, 0.15) is 12.1 Å². The monoisotopic (exact) mass is 197 g/mol. The van der Waals surface area contributed by atoms with Gasteiger partial charge in [-0.15, -0.1) is 11.6 Å². The molecule has 0 unspecified atom stereocenters. The molecule has 0 amide bonds. The molecule has 0 atom stereocenters. The van der Waals surface area contributed by atoms with Crippen molar-refractivity contribution < 1.29 is 4.42 Å². The predicted molar refractivity (Wildman–Crippen MR) is 47.9 cm³/mol. The summed E-state index contributed by atoms with van der Waals surface area (Å²) in [7, 11) is 0. The Hall–Kier alpha value is -1.29. The highest BCUT2D eigenvalue weighted by molar-refractivity contribution is 6.16. The number of alkyl halides is 1. The quantitative estimate of drug-likeness (QED) is 0.691. The molecule has 0 radical (unpaired) electrons. The molecule has 68 valence electrons. The van der Waals surface area contributed by atoms with Crippen LogP contribution in [0.5, 0.6) is 0 Å². The van der Waals surface area contributed by atoms with Gasteiger partial charge in [-0.3, -0.25) is 4.57 Å². The van der Waals surface area contributed by atoms with Crippen LogP contribution in [0.15, 0.2) is 23.1 Å². The first-order valence-electron chi connectivity index (χ1n) is 3.82. The van der Waals surface area contributed by atoms with Gasteiger partial charge in [-0.2, -0.15) is 4.98 Å². The van der Waals surface area contributed by atoms with Crippen molar-refractivity contribution in [1.82, 2.24) is 14.5 Å². The van der Waals surface area contributed by atoms with E-state index < -0.39 is 0 Å². The third-order valence-electron chi connectivity index (χ3n) is 1.71. The zero-order valence-electron chi connectivity index (χ0n) is 7.07. The van der Waals surface area contributed by atoms with Gasteiger partial charge < -0.3 is 4.42 Å². The van der Waals surface area contributed by atoms with Gasteiger partial charge in [-0.05, 0) is 6.92 Å². The maximum absolute atomic E-state index is 5.59. The van der Waals surface area contributed by atoms with E-state index in [1.54, 1.807) is 23.2 Å². The summed E-state index contributed by atoms with van der Waals surface area (Å²) in [5.74, 6) is 1.19. The van der Waals surface area contributed by atoms with E-state index in [-0.39, 0.29) is 0 Å². The van der Waals surface area contributed by atoms with Gasteiger partial charge in [0.05, 0.1) is 11.6 Å². The summed E-state index contributed by atoms with van der Waals surface area (Å²) < 4.78 is 6.97. The zero-order valence-corrected chi connectivity index (χ0v) is 7.82. The molecule has 2 rings (SSSR count). The molecule has 0 fully saturated rings. The van der Waals surface area contributed by atoms with Gasteiger partial charge in [0.2, 0.25) is 0 Å². The lowest BCUT2D eigenvalue weighted by Crippen LogP contribution is -1.95. The highest BCUT2D eigenvalue weighted by Gasteiger charge is 2.06. The standard InChI is InChI=1S/C8H8ClN3O/c1-6-10-2-3-12(6)8-11-7(4-9)5-13-8/h2-3,5H,4H2,1H3. The fraction of sp³-hybridized carbons (Fsp3) is 0.250. The molecule has 2 aromatic heterocycles. The number of halogens is 1. The number of hydrogen-bond donors (Lipinski definition) is 0. The van der Waals surface area contributed by atoms with Crippen LogP contribution in [0, 0.1) is 6.92 Å². The van der Waals surface area contributed by atoms with Crippen molar-refractivity contribution in [1.29, 1.82) is 0 Å². The van der Waals surface area contributed by atoms with E-state index in [4.69, 9.17) is 16.0 Å². The van der Waals surface area contributed by atoms with Crippen LogP contribution in [-0.4, -0.2) is 14.5 Å². The molecular formula is C8H8ClN3O. The maximum Gasteiger partial charge on any atom is 0.307 e. The van der Waals surface area contributed by atoms with Crippen molar-refractivity contribution in [2.24, 2.45) is 0 Å². The molecule has 0 aliphatic carbocycles. The number of imidazole rings is 1. The summed E-state index contributed by atoms with van der Waals surface area (Å²) >= 11 is 5.59. The van der Waals surface area contributed by atoms with Crippen LogP contribution in [0.4, 0.5) is 0 Å². The van der Waals surface area contributed by atoms with Crippen LogP contribution in [0.2, 0.25) is 0 Å². The van der Waals surface area contributed by atoms with E-state index in [9.17, 15) is 0 Å². The van der Waals surface area contributed by atoms with Crippen molar-refractivity contribution in [3.63, 3.8) is 0 Å². The molecular weight excluding hydrogens is 190 g/mol. The molecule has 0 spiro atoms. The van der Waals surface area contributed by atoms with Gasteiger partial charge in [0.25, 0.3) is 0 Å². The van der Waals surface area contributed by atoms with Gasteiger partial charge in [0, 0.05) is 12.4 Å². The lowest BCUT2D eigenvalue weighted by atomic mass is 10.6. The van der Waals surface area contributed by atoms with Crippen molar-refractivity contribution in [3.8, 4) is 6.01 Å². The molecule has 2 aromatic rings. The second-order valence-electron chi connectivity index (χ2n) is 2.60. The Morgan fingerprint density at radius 2 is 2.46 bits per heavy atom. The highest BCUT2D eigenvalue weighted by atomic mass is 35.5. The molecule has 0 aliphatic heterocycles. The first kappa shape index (κ1) is 8.31. The average molecular weight is 198 g/mol. The van der Waals surface area contributed by atoms with E-state index in [0.717, 1.165) is 11.5 Å². The largest absolute Gasteiger partial charge is 0.431 e. The fourth-order valence-electron chi connectivity index (χ4n) is 1.05. The summed E-state index contributed by atoms with van der Waals surface area (Å²) in [4.78, 5) is 8.21. The van der Waals surface area contributed by atoms with Crippen molar-refractivity contribution in [2.45, 2.75) is 12.8 Å². The molecule has 4 nitrogen and oxygen atoms in total. The maximum atomic E-state index is 5.59. The number of aryl methyl sites for hydroxylation is 1. The Kier molecular flexibility index (Phi) is 2.06. The van der Waals surface area contributed by atoms with Crippen LogP contribution in [0.3, 0.4) is 0 Å². The molecule has 0 saturated heterocycles. The summed E-state index contributed by atoms with van der Waals surface area (Å²) in [6.45, 7) is 1.88.